The van der Waals surface area contributed by atoms with Gasteiger partial charge in [-0.1, -0.05) is 63.9 Å². The smallest absolute Gasteiger partial charge is 0.124 e. The van der Waals surface area contributed by atoms with Gasteiger partial charge in [-0.3, -0.25) is 4.99 Å². The van der Waals surface area contributed by atoms with Gasteiger partial charge in [-0.05, 0) is 41.7 Å². The number of benzene rings is 2. The highest BCUT2D eigenvalue weighted by Gasteiger charge is 2.18. The molecule has 24 heavy (non-hydrogen) atoms. The highest BCUT2D eigenvalue weighted by atomic mass is 35.5. The van der Waals surface area contributed by atoms with Gasteiger partial charge in [0.25, 0.3) is 0 Å². The monoisotopic (exact) mass is 343 g/mol. The third-order valence-corrected chi connectivity index (χ3v) is 4.27. The van der Waals surface area contributed by atoms with Crippen LogP contribution in [0.25, 0.3) is 0 Å². The van der Waals surface area contributed by atoms with Gasteiger partial charge in [0.1, 0.15) is 5.75 Å². The van der Waals surface area contributed by atoms with Crippen molar-refractivity contribution >= 4 is 17.3 Å². The summed E-state index contributed by atoms with van der Waals surface area (Å²) in [5.41, 5.74) is 3.76. The van der Waals surface area contributed by atoms with Crippen LogP contribution in [0.4, 0.5) is 0 Å². The lowest BCUT2D eigenvalue weighted by Gasteiger charge is -2.21. The van der Waals surface area contributed by atoms with Crippen molar-refractivity contribution in [2.45, 2.75) is 46.0 Å². The molecule has 0 aliphatic heterocycles. The van der Waals surface area contributed by atoms with Crippen molar-refractivity contribution in [2.24, 2.45) is 4.99 Å². The van der Waals surface area contributed by atoms with Gasteiger partial charge in [-0.15, -0.1) is 0 Å². The Kier molecular flexibility index (Phi) is 6.06. The largest absolute Gasteiger partial charge is 0.507 e. The molecule has 0 aliphatic carbocycles. The van der Waals surface area contributed by atoms with Crippen molar-refractivity contribution in [3.63, 3.8) is 0 Å². The standard InChI is InChI=1S/C21H26ClNO/c1-5-6-13-23-20(15-7-10-17(22)11-8-15)18-14-16(21(2,3)4)9-12-19(18)24/h7-12,14,24H,5-6,13H2,1-4H3. The number of halogens is 1. The van der Waals surface area contributed by atoms with Crippen molar-refractivity contribution in [3.05, 3.63) is 64.2 Å². The molecular weight excluding hydrogens is 318 g/mol. The first kappa shape index (κ1) is 18.5. The molecule has 0 unspecified atom stereocenters. The van der Waals surface area contributed by atoms with Crippen LogP contribution in [0.2, 0.25) is 5.02 Å². The van der Waals surface area contributed by atoms with Crippen LogP contribution in [0.15, 0.2) is 47.5 Å². The molecule has 0 bridgehead atoms. The van der Waals surface area contributed by atoms with Crippen LogP contribution in [0.1, 0.15) is 57.2 Å². The number of aromatic hydroxyl groups is 1. The van der Waals surface area contributed by atoms with E-state index in [1.54, 1.807) is 6.07 Å². The zero-order valence-corrected chi connectivity index (χ0v) is 15.7. The quantitative estimate of drug-likeness (QED) is 0.525. The zero-order valence-electron chi connectivity index (χ0n) is 14.9. The Morgan fingerprint density at radius 1 is 1.08 bits per heavy atom. The van der Waals surface area contributed by atoms with Crippen molar-refractivity contribution < 1.29 is 5.11 Å². The summed E-state index contributed by atoms with van der Waals surface area (Å²) in [5, 5.41) is 11.1. The number of phenolic OH excluding ortho intramolecular Hbond substituents is 1. The first-order chi connectivity index (χ1) is 11.3. The molecule has 2 aromatic rings. The molecule has 2 aromatic carbocycles. The van der Waals surface area contributed by atoms with Gasteiger partial charge in [-0.25, -0.2) is 0 Å². The summed E-state index contributed by atoms with van der Waals surface area (Å²) in [5.74, 6) is 0.258. The predicted octanol–water partition coefficient (Wildman–Crippen LogP) is 5.98. The number of nitrogens with zero attached hydrogens (tertiary/aromatic N) is 1. The molecule has 0 fully saturated rings. The Balaban J connectivity index is 2.55. The van der Waals surface area contributed by atoms with Crippen molar-refractivity contribution in [1.82, 2.24) is 0 Å². The van der Waals surface area contributed by atoms with Crippen molar-refractivity contribution in [2.75, 3.05) is 6.54 Å². The Hall–Kier alpha value is -1.80. The first-order valence-electron chi connectivity index (χ1n) is 8.47. The molecule has 2 nitrogen and oxygen atoms in total. The highest BCUT2D eigenvalue weighted by Crippen LogP contribution is 2.29. The van der Waals surface area contributed by atoms with E-state index in [9.17, 15) is 5.11 Å². The Labute approximate surface area is 150 Å². The number of hydrogen-bond acceptors (Lipinski definition) is 2. The summed E-state index contributed by atoms with van der Waals surface area (Å²) < 4.78 is 0. The zero-order chi connectivity index (χ0) is 17.7. The average Bonchev–Trinajstić information content (AvgIpc) is 2.53. The third kappa shape index (κ3) is 4.61. The molecule has 0 aromatic heterocycles. The number of rotatable bonds is 5. The van der Waals surface area contributed by atoms with E-state index in [4.69, 9.17) is 16.6 Å². The fourth-order valence-corrected chi connectivity index (χ4v) is 2.61. The minimum absolute atomic E-state index is 0.0109. The maximum absolute atomic E-state index is 10.4. The predicted molar refractivity (Wildman–Crippen MR) is 104 cm³/mol. The van der Waals surface area contributed by atoms with Crippen LogP contribution < -0.4 is 0 Å². The number of aliphatic imine (C=N–C) groups is 1. The fraction of sp³-hybridized carbons (Fsp3) is 0.381. The minimum atomic E-state index is 0.0109. The third-order valence-electron chi connectivity index (χ3n) is 4.02. The van der Waals surface area contributed by atoms with Crippen LogP contribution in [-0.2, 0) is 5.41 Å². The van der Waals surface area contributed by atoms with Crippen LogP contribution in [-0.4, -0.2) is 17.4 Å². The first-order valence-corrected chi connectivity index (χ1v) is 8.85. The van der Waals surface area contributed by atoms with E-state index in [1.807, 2.05) is 30.3 Å². The second-order valence-electron chi connectivity index (χ2n) is 7.07. The summed E-state index contributed by atoms with van der Waals surface area (Å²) >= 11 is 6.02. The van der Waals surface area contributed by atoms with E-state index in [1.165, 1.54) is 5.56 Å². The summed E-state index contributed by atoms with van der Waals surface area (Å²) in [6.45, 7) is 9.39. The van der Waals surface area contributed by atoms with Gasteiger partial charge in [0, 0.05) is 22.7 Å². The SMILES string of the molecule is CCCCN=C(c1ccc(Cl)cc1)c1cc(C(C)(C)C)ccc1O. The normalized spacial score (nSPS) is 12.5. The molecule has 0 spiro atoms. The summed E-state index contributed by atoms with van der Waals surface area (Å²) in [7, 11) is 0. The van der Waals surface area contributed by atoms with Crippen LogP contribution in [0.5, 0.6) is 5.75 Å². The van der Waals surface area contributed by atoms with Gasteiger partial charge in [0.05, 0.1) is 5.71 Å². The lowest BCUT2D eigenvalue weighted by Crippen LogP contribution is -2.13. The van der Waals surface area contributed by atoms with Gasteiger partial charge in [-0.2, -0.15) is 0 Å². The van der Waals surface area contributed by atoms with E-state index >= 15 is 0 Å². The van der Waals surface area contributed by atoms with Crippen molar-refractivity contribution in [3.8, 4) is 5.75 Å². The summed E-state index contributed by atoms with van der Waals surface area (Å²) in [6, 6.07) is 13.4. The lowest BCUT2D eigenvalue weighted by molar-refractivity contribution is 0.473. The number of phenols is 1. The maximum Gasteiger partial charge on any atom is 0.124 e. The van der Waals surface area contributed by atoms with Gasteiger partial charge in [0.15, 0.2) is 0 Å². The molecular formula is C21H26ClNO. The molecule has 0 atom stereocenters. The van der Waals surface area contributed by atoms with Gasteiger partial charge >= 0.3 is 0 Å². The molecule has 0 amide bonds. The number of hydrogen-bond donors (Lipinski definition) is 1. The molecule has 128 valence electrons. The Bertz CT molecular complexity index is 712. The second kappa shape index (κ2) is 7.85. The van der Waals surface area contributed by atoms with Gasteiger partial charge < -0.3 is 5.11 Å². The van der Waals surface area contributed by atoms with E-state index < -0.39 is 0 Å². The topological polar surface area (TPSA) is 32.6 Å². The highest BCUT2D eigenvalue weighted by molar-refractivity contribution is 6.30. The van der Waals surface area contributed by atoms with Crippen LogP contribution in [0, 0.1) is 0 Å². The van der Waals surface area contributed by atoms with E-state index in [0.29, 0.717) is 5.02 Å². The minimum Gasteiger partial charge on any atom is -0.507 e. The van der Waals surface area contributed by atoms with Crippen molar-refractivity contribution in [1.29, 1.82) is 0 Å². The molecule has 2 rings (SSSR count). The lowest BCUT2D eigenvalue weighted by atomic mass is 9.85. The molecule has 3 heteroatoms. The molecule has 1 N–H and O–H groups in total. The fourth-order valence-electron chi connectivity index (χ4n) is 2.48. The van der Waals surface area contributed by atoms with Crippen LogP contribution >= 0.6 is 11.6 Å². The second-order valence-corrected chi connectivity index (χ2v) is 7.51. The van der Waals surface area contributed by atoms with E-state index in [-0.39, 0.29) is 11.2 Å². The van der Waals surface area contributed by atoms with Crippen LogP contribution in [0.3, 0.4) is 0 Å². The van der Waals surface area contributed by atoms with E-state index in [0.717, 1.165) is 36.2 Å². The maximum atomic E-state index is 10.4. The molecule has 0 saturated carbocycles. The molecule has 0 aliphatic rings. The van der Waals surface area contributed by atoms with Gasteiger partial charge in [0.2, 0.25) is 0 Å². The molecule has 0 heterocycles. The van der Waals surface area contributed by atoms with E-state index in [2.05, 4.69) is 33.8 Å². The average molecular weight is 344 g/mol. The Morgan fingerprint density at radius 2 is 1.75 bits per heavy atom. The summed E-state index contributed by atoms with van der Waals surface area (Å²) in [4.78, 5) is 4.78. The Morgan fingerprint density at radius 3 is 2.33 bits per heavy atom. The molecule has 0 radical (unpaired) electrons. The molecule has 0 saturated heterocycles. The number of unbranched alkanes of at least 4 members (excludes halogenated alkanes) is 1. The summed E-state index contributed by atoms with van der Waals surface area (Å²) in [6.07, 6.45) is 2.11.